The summed E-state index contributed by atoms with van der Waals surface area (Å²) in [6, 6.07) is 19.1. The number of nitriles is 1. The summed E-state index contributed by atoms with van der Waals surface area (Å²) in [6.45, 7) is 1.35. The van der Waals surface area contributed by atoms with Crippen LogP contribution in [0.15, 0.2) is 54.6 Å². The second-order valence-electron chi connectivity index (χ2n) is 4.26. The molecule has 0 aromatic heterocycles. The fourth-order valence-electron chi connectivity index (χ4n) is 1.68. The van der Waals surface area contributed by atoms with E-state index in [0.717, 1.165) is 23.0 Å². The number of benzene rings is 2. The van der Waals surface area contributed by atoms with Crippen LogP contribution in [0.2, 0.25) is 0 Å². The number of thioether (sulfide) groups is 1. The first-order chi connectivity index (χ1) is 10.4. The van der Waals surface area contributed by atoms with E-state index in [0.29, 0.717) is 18.8 Å². The molecular weight excluding hydrogens is 282 g/mol. The van der Waals surface area contributed by atoms with Gasteiger partial charge in [0.1, 0.15) is 11.5 Å². The van der Waals surface area contributed by atoms with E-state index in [4.69, 9.17) is 14.7 Å². The Balaban J connectivity index is 1.53. The van der Waals surface area contributed by atoms with Gasteiger partial charge >= 0.3 is 0 Å². The molecule has 0 saturated heterocycles. The van der Waals surface area contributed by atoms with Crippen molar-refractivity contribution in [2.75, 3.05) is 24.7 Å². The van der Waals surface area contributed by atoms with Gasteiger partial charge in [-0.3, -0.25) is 0 Å². The highest BCUT2D eigenvalue weighted by Crippen LogP contribution is 2.12. The normalized spacial score (nSPS) is 9.86. The lowest BCUT2D eigenvalue weighted by molar-refractivity contribution is 0.339. The summed E-state index contributed by atoms with van der Waals surface area (Å²) in [7, 11) is 0. The molecule has 0 amide bonds. The van der Waals surface area contributed by atoms with Crippen molar-refractivity contribution in [1.29, 1.82) is 5.26 Å². The Morgan fingerprint density at radius 2 is 1.38 bits per heavy atom. The van der Waals surface area contributed by atoms with Crippen molar-refractivity contribution < 1.29 is 9.47 Å². The minimum Gasteiger partial charge on any atom is -0.493 e. The summed E-state index contributed by atoms with van der Waals surface area (Å²) in [6.07, 6.45) is 0. The van der Waals surface area contributed by atoms with Crippen LogP contribution in [0.1, 0.15) is 5.56 Å². The van der Waals surface area contributed by atoms with Crippen LogP contribution in [-0.4, -0.2) is 24.7 Å². The van der Waals surface area contributed by atoms with Crippen LogP contribution in [0.4, 0.5) is 0 Å². The summed E-state index contributed by atoms with van der Waals surface area (Å²) < 4.78 is 11.2. The molecule has 0 aliphatic rings. The van der Waals surface area contributed by atoms with Crippen LogP contribution in [-0.2, 0) is 0 Å². The molecule has 0 saturated carbocycles. The topological polar surface area (TPSA) is 42.2 Å². The number of hydrogen-bond donors (Lipinski definition) is 0. The summed E-state index contributed by atoms with van der Waals surface area (Å²) in [4.78, 5) is 0. The molecule has 0 fully saturated rings. The van der Waals surface area contributed by atoms with Crippen LogP contribution in [0.5, 0.6) is 11.5 Å². The zero-order chi connectivity index (χ0) is 14.8. The van der Waals surface area contributed by atoms with Crippen LogP contribution in [0, 0.1) is 11.3 Å². The third-order valence-electron chi connectivity index (χ3n) is 2.72. The molecule has 0 N–H and O–H groups in total. The molecule has 2 aromatic rings. The Kier molecular flexibility index (Phi) is 6.50. The summed E-state index contributed by atoms with van der Waals surface area (Å²) >= 11 is 1.80. The van der Waals surface area contributed by atoms with Crippen molar-refractivity contribution >= 4 is 11.8 Å². The first-order valence-corrected chi connectivity index (χ1v) is 7.92. The molecule has 0 radical (unpaired) electrons. The van der Waals surface area contributed by atoms with Gasteiger partial charge in [0.15, 0.2) is 0 Å². The molecule has 3 nitrogen and oxygen atoms in total. The summed E-state index contributed by atoms with van der Waals surface area (Å²) in [5.74, 6) is 3.56. The van der Waals surface area contributed by atoms with Crippen molar-refractivity contribution in [1.82, 2.24) is 0 Å². The molecule has 2 rings (SSSR count). The van der Waals surface area contributed by atoms with E-state index < -0.39 is 0 Å². The standard InChI is InChI=1S/C17H17NO2S/c18-14-15-6-8-17(9-7-15)20-11-13-21-12-10-19-16-4-2-1-3-5-16/h1-9H,10-13H2. The highest BCUT2D eigenvalue weighted by atomic mass is 32.2. The Hall–Kier alpha value is -2.12. The Labute approximate surface area is 129 Å². The average Bonchev–Trinajstić information content (AvgIpc) is 2.55. The zero-order valence-electron chi connectivity index (χ0n) is 11.7. The molecule has 0 bridgehead atoms. The van der Waals surface area contributed by atoms with Gasteiger partial charge in [-0.2, -0.15) is 17.0 Å². The lowest BCUT2D eigenvalue weighted by atomic mass is 10.2. The van der Waals surface area contributed by atoms with Gasteiger partial charge in [-0.1, -0.05) is 18.2 Å². The molecule has 0 aliphatic heterocycles. The van der Waals surface area contributed by atoms with Gasteiger partial charge in [0.05, 0.1) is 24.8 Å². The van der Waals surface area contributed by atoms with Gasteiger partial charge in [0, 0.05) is 11.5 Å². The van der Waals surface area contributed by atoms with Crippen LogP contribution in [0.3, 0.4) is 0 Å². The Morgan fingerprint density at radius 3 is 1.95 bits per heavy atom. The van der Waals surface area contributed by atoms with E-state index in [-0.39, 0.29) is 0 Å². The van der Waals surface area contributed by atoms with E-state index in [2.05, 4.69) is 6.07 Å². The maximum absolute atomic E-state index is 8.70. The van der Waals surface area contributed by atoms with Gasteiger partial charge in [-0.25, -0.2) is 0 Å². The van der Waals surface area contributed by atoms with Crippen LogP contribution < -0.4 is 9.47 Å². The summed E-state index contributed by atoms with van der Waals surface area (Å²) in [5.41, 5.74) is 0.648. The largest absolute Gasteiger partial charge is 0.493 e. The van der Waals surface area contributed by atoms with E-state index >= 15 is 0 Å². The second-order valence-corrected chi connectivity index (χ2v) is 5.48. The minimum absolute atomic E-state index is 0.648. The Morgan fingerprint density at radius 1 is 0.810 bits per heavy atom. The molecule has 0 spiro atoms. The first-order valence-electron chi connectivity index (χ1n) is 6.77. The number of hydrogen-bond acceptors (Lipinski definition) is 4. The molecule has 21 heavy (non-hydrogen) atoms. The number of rotatable bonds is 8. The monoisotopic (exact) mass is 299 g/mol. The lowest BCUT2D eigenvalue weighted by Gasteiger charge is -2.07. The summed E-state index contributed by atoms with van der Waals surface area (Å²) in [5, 5.41) is 8.70. The number of ether oxygens (including phenoxy) is 2. The van der Waals surface area contributed by atoms with Crippen LogP contribution in [0.25, 0.3) is 0 Å². The average molecular weight is 299 g/mol. The van der Waals surface area contributed by atoms with Crippen molar-refractivity contribution in [3.8, 4) is 17.6 Å². The van der Waals surface area contributed by atoms with Crippen LogP contribution >= 0.6 is 11.8 Å². The Bertz CT molecular complexity index is 564. The maximum atomic E-state index is 8.70. The van der Waals surface area contributed by atoms with E-state index in [9.17, 15) is 0 Å². The molecular formula is C17H17NO2S. The number of para-hydroxylation sites is 1. The third kappa shape index (κ3) is 5.80. The highest BCUT2D eigenvalue weighted by Gasteiger charge is 1.96. The molecule has 2 aromatic carbocycles. The maximum Gasteiger partial charge on any atom is 0.119 e. The van der Waals surface area contributed by atoms with Crippen molar-refractivity contribution in [3.05, 3.63) is 60.2 Å². The van der Waals surface area contributed by atoms with E-state index in [1.807, 2.05) is 42.5 Å². The van der Waals surface area contributed by atoms with Gasteiger partial charge < -0.3 is 9.47 Å². The van der Waals surface area contributed by atoms with Crippen molar-refractivity contribution in [2.24, 2.45) is 0 Å². The highest BCUT2D eigenvalue weighted by molar-refractivity contribution is 7.99. The fourth-order valence-corrected chi connectivity index (χ4v) is 2.29. The predicted molar refractivity (Wildman–Crippen MR) is 85.9 cm³/mol. The second kappa shape index (κ2) is 8.93. The molecule has 108 valence electrons. The molecule has 0 atom stereocenters. The van der Waals surface area contributed by atoms with E-state index in [1.165, 1.54) is 0 Å². The molecule has 0 aliphatic carbocycles. The smallest absolute Gasteiger partial charge is 0.119 e. The molecule has 0 heterocycles. The molecule has 4 heteroatoms. The van der Waals surface area contributed by atoms with Gasteiger partial charge in [-0.15, -0.1) is 0 Å². The molecule has 0 unspecified atom stereocenters. The lowest BCUT2D eigenvalue weighted by Crippen LogP contribution is -2.04. The van der Waals surface area contributed by atoms with Crippen molar-refractivity contribution in [3.63, 3.8) is 0 Å². The predicted octanol–water partition coefficient (Wildman–Crippen LogP) is 3.75. The minimum atomic E-state index is 0.648. The third-order valence-corrected chi connectivity index (χ3v) is 3.63. The van der Waals surface area contributed by atoms with Gasteiger partial charge in [0.25, 0.3) is 0 Å². The van der Waals surface area contributed by atoms with Gasteiger partial charge in [0.2, 0.25) is 0 Å². The quantitative estimate of drug-likeness (QED) is 0.696. The SMILES string of the molecule is N#Cc1ccc(OCCSCCOc2ccccc2)cc1. The van der Waals surface area contributed by atoms with E-state index in [1.54, 1.807) is 23.9 Å². The van der Waals surface area contributed by atoms with Crippen molar-refractivity contribution in [2.45, 2.75) is 0 Å². The zero-order valence-corrected chi connectivity index (χ0v) is 12.5. The number of nitrogens with zero attached hydrogens (tertiary/aromatic N) is 1. The van der Waals surface area contributed by atoms with Gasteiger partial charge in [-0.05, 0) is 36.4 Å². The first kappa shape index (κ1) is 15.3. The fraction of sp³-hybridized carbons (Fsp3) is 0.235.